The highest BCUT2D eigenvalue weighted by atomic mass is 32.2. The van der Waals surface area contributed by atoms with Gasteiger partial charge in [-0.25, -0.2) is 8.42 Å². The van der Waals surface area contributed by atoms with Crippen molar-refractivity contribution >= 4 is 15.9 Å². The summed E-state index contributed by atoms with van der Waals surface area (Å²) in [6.45, 7) is 7.03. The van der Waals surface area contributed by atoms with Crippen molar-refractivity contribution in [3.05, 3.63) is 30.3 Å². The van der Waals surface area contributed by atoms with Crippen molar-refractivity contribution < 1.29 is 13.2 Å². The maximum atomic E-state index is 12.0. The standard InChI is InChI=1S/C13H20N2O3S/c1-10(12(16)14-13(2,3)4)15-19(17,18)11-8-6-5-7-9-11/h5-10,15H,1-4H3,(H,14,16)/t10-/m0/s1. The van der Waals surface area contributed by atoms with E-state index in [-0.39, 0.29) is 10.8 Å². The maximum Gasteiger partial charge on any atom is 0.241 e. The zero-order valence-corrected chi connectivity index (χ0v) is 12.4. The van der Waals surface area contributed by atoms with Crippen LogP contribution < -0.4 is 10.0 Å². The summed E-state index contributed by atoms with van der Waals surface area (Å²) in [5.74, 6) is -0.355. The minimum atomic E-state index is -3.67. The Bertz CT molecular complexity index is 533. The molecule has 0 aromatic heterocycles. The number of hydrogen-bond acceptors (Lipinski definition) is 3. The number of rotatable bonds is 4. The van der Waals surface area contributed by atoms with Crippen LogP contribution in [0.2, 0.25) is 0 Å². The normalized spacial score (nSPS) is 13.9. The Hall–Kier alpha value is -1.40. The van der Waals surface area contributed by atoms with Gasteiger partial charge in [-0.2, -0.15) is 4.72 Å². The highest BCUT2D eigenvalue weighted by molar-refractivity contribution is 7.89. The molecule has 0 unspecified atom stereocenters. The molecule has 0 aliphatic carbocycles. The molecule has 0 saturated heterocycles. The Kier molecular flexibility index (Phi) is 4.70. The number of carbonyl (C=O) groups excluding carboxylic acids is 1. The van der Waals surface area contributed by atoms with Crippen molar-refractivity contribution in [2.75, 3.05) is 0 Å². The number of benzene rings is 1. The lowest BCUT2D eigenvalue weighted by Gasteiger charge is -2.23. The van der Waals surface area contributed by atoms with Gasteiger partial charge in [0.25, 0.3) is 0 Å². The first-order valence-electron chi connectivity index (χ1n) is 6.01. The van der Waals surface area contributed by atoms with Gasteiger partial charge < -0.3 is 5.32 Å². The van der Waals surface area contributed by atoms with Gasteiger partial charge in [-0.1, -0.05) is 18.2 Å². The SMILES string of the molecule is C[C@H](NS(=O)(=O)c1ccccc1)C(=O)NC(C)(C)C. The number of hydrogen-bond donors (Lipinski definition) is 2. The molecule has 0 saturated carbocycles. The molecule has 1 amide bonds. The van der Waals surface area contributed by atoms with Crippen molar-refractivity contribution in [1.82, 2.24) is 10.0 Å². The van der Waals surface area contributed by atoms with Crippen LogP contribution in [-0.2, 0) is 14.8 Å². The minimum absolute atomic E-state index is 0.144. The Morgan fingerprint density at radius 1 is 1.16 bits per heavy atom. The lowest BCUT2D eigenvalue weighted by Crippen LogP contribution is -2.50. The third-order valence-corrected chi connectivity index (χ3v) is 3.83. The molecule has 0 heterocycles. The molecular weight excluding hydrogens is 264 g/mol. The first-order chi connectivity index (χ1) is 8.62. The van der Waals surface area contributed by atoms with Gasteiger partial charge in [-0.15, -0.1) is 0 Å². The van der Waals surface area contributed by atoms with Crippen molar-refractivity contribution in [2.24, 2.45) is 0 Å². The van der Waals surface area contributed by atoms with Gasteiger partial charge in [0.1, 0.15) is 0 Å². The monoisotopic (exact) mass is 284 g/mol. The van der Waals surface area contributed by atoms with Crippen LogP contribution in [0.15, 0.2) is 35.2 Å². The predicted octanol–water partition coefficient (Wildman–Crippen LogP) is 1.27. The zero-order valence-electron chi connectivity index (χ0n) is 11.6. The number of sulfonamides is 1. The fraction of sp³-hybridized carbons (Fsp3) is 0.462. The lowest BCUT2D eigenvalue weighted by molar-refractivity contribution is -0.123. The molecule has 0 aliphatic heterocycles. The summed E-state index contributed by atoms with van der Waals surface area (Å²) in [6, 6.07) is 7.13. The molecule has 0 bridgehead atoms. The van der Waals surface area contributed by atoms with E-state index in [1.807, 2.05) is 20.8 Å². The van der Waals surface area contributed by atoms with E-state index >= 15 is 0 Å². The molecule has 0 spiro atoms. The molecule has 2 N–H and O–H groups in total. The summed E-state index contributed by atoms with van der Waals surface area (Å²) in [6.07, 6.45) is 0. The molecule has 1 aromatic carbocycles. The van der Waals surface area contributed by atoms with Crippen LogP contribution in [0.25, 0.3) is 0 Å². The third kappa shape index (κ3) is 5.00. The van der Waals surface area contributed by atoms with Crippen molar-refractivity contribution in [3.8, 4) is 0 Å². The Balaban J connectivity index is 2.77. The van der Waals surface area contributed by atoms with E-state index in [0.717, 1.165) is 0 Å². The quantitative estimate of drug-likeness (QED) is 0.874. The average molecular weight is 284 g/mol. The molecule has 0 aliphatic rings. The molecule has 1 rings (SSSR count). The van der Waals surface area contributed by atoms with E-state index in [2.05, 4.69) is 10.0 Å². The second-order valence-electron chi connectivity index (χ2n) is 5.40. The van der Waals surface area contributed by atoms with E-state index in [0.29, 0.717) is 0 Å². The second-order valence-corrected chi connectivity index (χ2v) is 7.11. The molecule has 0 fully saturated rings. The Morgan fingerprint density at radius 3 is 2.16 bits per heavy atom. The van der Waals surface area contributed by atoms with Gasteiger partial charge in [0.2, 0.25) is 15.9 Å². The third-order valence-electron chi connectivity index (χ3n) is 2.28. The van der Waals surface area contributed by atoms with Crippen molar-refractivity contribution in [1.29, 1.82) is 0 Å². The number of amides is 1. The van der Waals surface area contributed by atoms with Crippen LogP contribution >= 0.6 is 0 Å². The van der Waals surface area contributed by atoms with E-state index in [1.165, 1.54) is 19.1 Å². The van der Waals surface area contributed by atoms with Crippen LogP contribution in [0.3, 0.4) is 0 Å². The molecule has 0 radical (unpaired) electrons. The highest BCUT2D eigenvalue weighted by Crippen LogP contribution is 2.08. The summed E-state index contributed by atoms with van der Waals surface area (Å²) < 4.78 is 26.4. The summed E-state index contributed by atoms with van der Waals surface area (Å²) in [5.41, 5.74) is -0.399. The molecule has 1 aromatic rings. The maximum absolute atomic E-state index is 12.0. The van der Waals surface area contributed by atoms with E-state index < -0.39 is 21.6 Å². The predicted molar refractivity (Wildman–Crippen MR) is 74.1 cm³/mol. The van der Waals surface area contributed by atoms with Crippen LogP contribution in [0.1, 0.15) is 27.7 Å². The average Bonchev–Trinajstić information content (AvgIpc) is 2.27. The highest BCUT2D eigenvalue weighted by Gasteiger charge is 2.24. The molecule has 106 valence electrons. The summed E-state index contributed by atoms with van der Waals surface area (Å²) in [5, 5.41) is 2.73. The van der Waals surface area contributed by atoms with Gasteiger partial charge in [-0.3, -0.25) is 4.79 Å². The molecular formula is C13H20N2O3S. The Morgan fingerprint density at radius 2 is 1.68 bits per heavy atom. The topological polar surface area (TPSA) is 75.3 Å². The van der Waals surface area contributed by atoms with Gasteiger partial charge >= 0.3 is 0 Å². The van der Waals surface area contributed by atoms with Crippen LogP contribution in [0.5, 0.6) is 0 Å². The smallest absolute Gasteiger partial charge is 0.241 e. The number of carbonyl (C=O) groups is 1. The molecule has 5 nitrogen and oxygen atoms in total. The number of nitrogens with one attached hydrogen (secondary N) is 2. The van der Waals surface area contributed by atoms with E-state index in [1.54, 1.807) is 18.2 Å². The van der Waals surface area contributed by atoms with Crippen LogP contribution in [0, 0.1) is 0 Å². The van der Waals surface area contributed by atoms with E-state index in [4.69, 9.17) is 0 Å². The zero-order chi connectivity index (χ0) is 14.7. The van der Waals surface area contributed by atoms with Crippen LogP contribution in [-0.4, -0.2) is 25.9 Å². The van der Waals surface area contributed by atoms with Crippen molar-refractivity contribution in [2.45, 2.75) is 44.2 Å². The Labute approximate surface area is 114 Å². The van der Waals surface area contributed by atoms with E-state index in [9.17, 15) is 13.2 Å². The fourth-order valence-electron chi connectivity index (χ4n) is 1.43. The lowest BCUT2D eigenvalue weighted by atomic mass is 10.1. The summed E-state index contributed by atoms with van der Waals surface area (Å²) >= 11 is 0. The van der Waals surface area contributed by atoms with Gasteiger partial charge in [-0.05, 0) is 39.8 Å². The van der Waals surface area contributed by atoms with Gasteiger partial charge in [0.15, 0.2) is 0 Å². The minimum Gasteiger partial charge on any atom is -0.350 e. The van der Waals surface area contributed by atoms with Gasteiger partial charge in [0, 0.05) is 5.54 Å². The second kappa shape index (κ2) is 5.71. The van der Waals surface area contributed by atoms with Crippen LogP contribution in [0.4, 0.5) is 0 Å². The first-order valence-corrected chi connectivity index (χ1v) is 7.49. The molecule has 1 atom stereocenters. The van der Waals surface area contributed by atoms with Crippen molar-refractivity contribution in [3.63, 3.8) is 0 Å². The first kappa shape index (κ1) is 15.7. The fourth-order valence-corrected chi connectivity index (χ4v) is 2.66. The summed E-state index contributed by atoms with van der Waals surface area (Å²) in [7, 11) is -3.67. The van der Waals surface area contributed by atoms with Gasteiger partial charge in [0.05, 0.1) is 10.9 Å². The molecule has 6 heteroatoms. The summed E-state index contributed by atoms with van der Waals surface area (Å²) in [4.78, 5) is 12.0. The molecule has 19 heavy (non-hydrogen) atoms. The largest absolute Gasteiger partial charge is 0.350 e.